The van der Waals surface area contributed by atoms with Crippen LogP contribution in [0, 0.1) is 12.1 Å². The van der Waals surface area contributed by atoms with Crippen molar-refractivity contribution in [3.63, 3.8) is 0 Å². The van der Waals surface area contributed by atoms with Crippen LogP contribution < -0.4 is 0 Å². The maximum Gasteiger partial charge on any atom is 2.00 e. The van der Waals surface area contributed by atoms with Gasteiger partial charge in [-0.3, -0.25) is 4.98 Å². The van der Waals surface area contributed by atoms with Gasteiger partial charge < -0.3 is 8.97 Å². The molecule has 0 unspecified atom stereocenters. The summed E-state index contributed by atoms with van der Waals surface area (Å²) in [4.78, 5) is 11.0. The van der Waals surface area contributed by atoms with E-state index in [0.29, 0.717) is 0 Å². The zero-order chi connectivity index (χ0) is 31.3. The van der Waals surface area contributed by atoms with Gasteiger partial charge in [-0.2, -0.15) is 24.3 Å². The van der Waals surface area contributed by atoms with Crippen molar-refractivity contribution in [2.45, 2.75) is 0 Å². The van der Waals surface area contributed by atoms with Crippen LogP contribution in [0.4, 0.5) is 0 Å². The van der Waals surface area contributed by atoms with Gasteiger partial charge in [-0.05, 0) is 36.0 Å². The zero-order valence-electron chi connectivity index (χ0n) is 26.0. The Labute approximate surface area is 295 Å². The molecule has 6 aromatic carbocycles. The van der Waals surface area contributed by atoms with Crippen LogP contribution in [0.5, 0.6) is 0 Å². The van der Waals surface area contributed by atoms with Crippen molar-refractivity contribution in [2.75, 3.05) is 0 Å². The summed E-state index contributed by atoms with van der Waals surface area (Å²) in [5.41, 5.74) is 11.3. The van der Waals surface area contributed by atoms with Gasteiger partial charge in [-0.1, -0.05) is 72.4 Å². The first-order chi connectivity index (χ1) is 23.8. The molecule has 0 amide bonds. The molecule has 230 valence electrons. The third-order valence-electron chi connectivity index (χ3n) is 9.87. The molecular weight excluding hydrogens is 780 g/mol. The molecule has 0 radical (unpaired) electrons. The molecule has 0 aliphatic carbocycles. The Balaban J connectivity index is 0.00000306. The van der Waals surface area contributed by atoms with Gasteiger partial charge in [-0.15, -0.1) is 42.0 Å². The summed E-state index contributed by atoms with van der Waals surface area (Å²) in [6, 6.07) is 57.8. The van der Waals surface area contributed by atoms with Crippen molar-refractivity contribution in [2.24, 2.45) is 0 Å². The summed E-state index contributed by atoms with van der Waals surface area (Å²) in [5, 5.41) is 8.20. The maximum atomic E-state index is 5.56. The molecule has 0 fully saturated rings. The van der Waals surface area contributed by atoms with Crippen molar-refractivity contribution >= 4 is 70.9 Å². The second-order valence-corrected chi connectivity index (χ2v) is 12.4. The number of rotatable bonds is 3. The molecule has 5 heteroatoms. The van der Waals surface area contributed by atoms with Crippen LogP contribution in [0.2, 0.25) is 0 Å². The van der Waals surface area contributed by atoms with Gasteiger partial charge in [0.15, 0.2) is 0 Å². The summed E-state index contributed by atoms with van der Waals surface area (Å²) < 4.78 is 4.67. The largest absolute Gasteiger partial charge is 2.00 e. The average molecular weight is 804 g/mol. The summed E-state index contributed by atoms with van der Waals surface area (Å²) >= 11 is 0. The Morgan fingerprint density at radius 2 is 1.10 bits per heavy atom. The van der Waals surface area contributed by atoms with Gasteiger partial charge >= 0.3 is 21.1 Å². The molecule has 0 aliphatic heterocycles. The van der Waals surface area contributed by atoms with Gasteiger partial charge in [-0.25, -0.2) is 4.98 Å². The molecule has 0 aliphatic rings. The molecule has 0 N–H and O–H groups in total. The number of pyridine rings is 2. The number of fused-ring (bicyclic) bond motifs is 11. The molecule has 11 rings (SSSR count). The molecule has 4 nitrogen and oxygen atoms in total. The monoisotopic (exact) mass is 803 g/mol. The Morgan fingerprint density at radius 3 is 1.84 bits per heavy atom. The van der Waals surface area contributed by atoms with E-state index in [0.717, 1.165) is 55.7 Å². The average Bonchev–Trinajstić information content (AvgIpc) is 3.79. The van der Waals surface area contributed by atoms with Crippen LogP contribution in [0.3, 0.4) is 0 Å². The van der Waals surface area contributed by atoms with Crippen LogP contribution in [-0.4, -0.2) is 18.9 Å². The van der Waals surface area contributed by atoms with Crippen molar-refractivity contribution in [1.29, 1.82) is 0 Å². The second-order valence-electron chi connectivity index (χ2n) is 12.4. The third kappa shape index (κ3) is 3.84. The van der Waals surface area contributed by atoms with Crippen molar-refractivity contribution < 1.29 is 21.1 Å². The minimum atomic E-state index is 0. The molecule has 49 heavy (non-hydrogen) atoms. The van der Waals surface area contributed by atoms with Gasteiger partial charge in [0.05, 0.1) is 33.3 Å². The Morgan fingerprint density at radius 1 is 0.469 bits per heavy atom. The molecule has 5 heterocycles. The number of hydrogen-bond acceptors (Lipinski definition) is 2. The van der Waals surface area contributed by atoms with Crippen molar-refractivity contribution in [1.82, 2.24) is 18.9 Å². The van der Waals surface area contributed by atoms with E-state index in [4.69, 9.17) is 9.97 Å². The SMILES string of the molecule is [Pt+2].[c-]1ccccc1-c1ccc2c(n1)c(-c1ccc3c4ccccc4n(-c4[c-]cccc4)c3n1)c1c3ccccc3n3c4ccccc4c2c13. The fourth-order valence-electron chi connectivity index (χ4n) is 7.93. The zero-order valence-corrected chi connectivity index (χ0v) is 28.2. The minimum absolute atomic E-state index is 0. The van der Waals surface area contributed by atoms with E-state index >= 15 is 0 Å². The molecular formula is C44H24N4Pt. The standard InChI is InChI=1S/C44H24N4.Pt/c1-3-13-27(14-4-1)34-25-24-33-39-31-18-8-11-21-37(31)48-38-22-12-9-19-32(38)40(43(39)48)41(42(33)45-34)35-26-23-30-29-17-7-10-20-36(29)47(44(30)46-35)28-15-5-2-6-16-28;/h1-13,15,17-26H;/q-2;+2. The van der Waals surface area contributed by atoms with Gasteiger partial charge in [0.1, 0.15) is 5.65 Å². The molecule has 0 saturated heterocycles. The van der Waals surface area contributed by atoms with E-state index in [1.54, 1.807) is 0 Å². The maximum absolute atomic E-state index is 5.56. The Kier molecular flexibility index (Phi) is 6.09. The third-order valence-corrected chi connectivity index (χ3v) is 9.87. The second kappa shape index (κ2) is 10.6. The summed E-state index contributed by atoms with van der Waals surface area (Å²) in [6.07, 6.45) is 0. The van der Waals surface area contributed by atoms with Gasteiger partial charge in [0, 0.05) is 43.3 Å². The number of benzene rings is 6. The van der Waals surface area contributed by atoms with E-state index in [1.807, 2.05) is 30.3 Å². The number of nitrogens with zero attached hydrogens (tertiary/aromatic N) is 4. The minimum Gasteiger partial charge on any atom is -0.318 e. The molecule has 0 atom stereocenters. The van der Waals surface area contributed by atoms with E-state index in [1.165, 1.54) is 43.5 Å². The van der Waals surface area contributed by atoms with Crippen LogP contribution in [0.25, 0.3) is 99.1 Å². The van der Waals surface area contributed by atoms with Crippen molar-refractivity contribution in [3.8, 4) is 28.2 Å². The summed E-state index contributed by atoms with van der Waals surface area (Å²) in [7, 11) is 0. The molecule has 0 spiro atoms. The number of aromatic nitrogens is 4. The summed E-state index contributed by atoms with van der Waals surface area (Å²) in [6.45, 7) is 0. The molecule has 0 saturated carbocycles. The smallest absolute Gasteiger partial charge is 0.318 e. The fraction of sp³-hybridized carbons (Fsp3) is 0. The number of para-hydroxylation sites is 4. The van der Waals surface area contributed by atoms with E-state index in [2.05, 4.69) is 136 Å². The van der Waals surface area contributed by atoms with E-state index in [9.17, 15) is 0 Å². The predicted molar refractivity (Wildman–Crippen MR) is 197 cm³/mol. The molecule has 5 aromatic heterocycles. The summed E-state index contributed by atoms with van der Waals surface area (Å²) in [5.74, 6) is 0. The Bertz CT molecular complexity index is 3050. The van der Waals surface area contributed by atoms with Crippen molar-refractivity contribution in [3.05, 3.63) is 158 Å². The first-order valence-corrected chi connectivity index (χ1v) is 16.2. The topological polar surface area (TPSA) is 35.1 Å². The van der Waals surface area contributed by atoms with Crippen LogP contribution in [0.1, 0.15) is 0 Å². The first-order valence-electron chi connectivity index (χ1n) is 16.2. The quantitative estimate of drug-likeness (QED) is 0.167. The van der Waals surface area contributed by atoms with E-state index in [-0.39, 0.29) is 21.1 Å². The number of hydrogen-bond donors (Lipinski definition) is 0. The van der Waals surface area contributed by atoms with Gasteiger partial charge in [0.25, 0.3) is 0 Å². The Hall–Kier alpha value is -5.83. The fourth-order valence-corrected chi connectivity index (χ4v) is 7.93. The molecule has 11 aromatic rings. The predicted octanol–water partition coefficient (Wildman–Crippen LogP) is 10.8. The molecule has 0 bridgehead atoms. The normalized spacial score (nSPS) is 11.9. The van der Waals surface area contributed by atoms with E-state index < -0.39 is 0 Å². The van der Waals surface area contributed by atoms with Crippen LogP contribution in [0.15, 0.2) is 146 Å². The van der Waals surface area contributed by atoms with Crippen LogP contribution >= 0.6 is 0 Å². The van der Waals surface area contributed by atoms with Crippen LogP contribution in [-0.2, 0) is 21.1 Å². The first kappa shape index (κ1) is 28.2. The van der Waals surface area contributed by atoms with Gasteiger partial charge in [0.2, 0.25) is 0 Å².